The van der Waals surface area contributed by atoms with E-state index in [9.17, 15) is 4.79 Å². The molecule has 2 aliphatic rings. The maximum atomic E-state index is 11.4. The topological polar surface area (TPSA) is 59.6 Å². The number of hydrogen-bond donors (Lipinski definition) is 2. The van der Waals surface area contributed by atoms with Crippen LogP contribution in [0.25, 0.3) is 0 Å². The van der Waals surface area contributed by atoms with E-state index in [1.165, 1.54) is 12.8 Å². The summed E-state index contributed by atoms with van der Waals surface area (Å²) in [5.74, 6) is 0. The molecule has 5 nitrogen and oxygen atoms in total. The highest BCUT2D eigenvalue weighted by Crippen LogP contribution is 2.07. The van der Waals surface area contributed by atoms with Crippen molar-refractivity contribution in [1.29, 1.82) is 0 Å². The first-order valence-corrected chi connectivity index (χ1v) is 6.09. The van der Waals surface area contributed by atoms with Gasteiger partial charge in [-0.25, -0.2) is 4.79 Å². The van der Waals surface area contributed by atoms with Crippen molar-refractivity contribution in [3.05, 3.63) is 0 Å². The van der Waals surface area contributed by atoms with Gasteiger partial charge in [-0.15, -0.1) is 0 Å². The van der Waals surface area contributed by atoms with Crippen molar-refractivity contribution in [3.63, 3.8) is 0 Å². The molecule has 0 spiro atoms. The quantitative estimate of drug-likeness (QED) is 0.744. The molecule has 2 fully saturated rings. The lowest BCUT2D eigenvalue weighted by atomic mass is 10.1. The molecule has 5 heteroatoms. The Bertz CT molecular complexity index is 223. The van der Waals surface area contributed by atoms with E-state index < -0.39 is 0 Å². The number of rotatable bonds is 3. The third kappa shape index (κ3) is 3.64. The standard InChI is InChI=1S/C11H20N2O3/c14-11(13-10-4-6-15-7-10)16-8-9-3-1-2-5-12-9/h9-10,12H,1-8H2,(H,13,14)/t9-,10+/m0/s1. The second-order valence-corrected chi connectivity index (χ2v) is 4.45. The van der Waals surface area contributed by atoms with Crippen molar-refractivity contribution in [2.24, 2.45) is 0 Å². The van der Waals surface area contributed by atoms with E-state index in [-0.39, 0.29) is 12.1 Å². The summed E-state index contributed by atoms with van der Waals surface area (Å²) in [6.07, 6.45) is 4.11. The predicted octanol–water partition coefficient (Wildman–Crippen LogP) is 0.644. The maximum absolute atomic E-state index is 11.4. The Morgan fingerprint density at radius 1 is 1.44 bits per heavy atom. The van der Waals surface area contributed by atoms with Crippen LogP contribution in [0.1, 0.15) is 25.7 Å². The first kappa shape index (κ1) is 11.7. The van der Waals surface area contributed by atoms with Gasteiger partial charge in [0.2, 0.25) is 0 Å². The zero-order valence-electron chi connectivity index (χ0n) is 9.54. The lowest BCUT2D eigenvalue weighted by molar-refractivity contribution is 0.122. The number of amides is 1. The lowest BCUT2D eigenvalue weighted by Gasteiger charge is -2.23. The number of nitrogens with one attached hydrogen (secondary N) is 2. The zero-order chi connectivity index (χ0) is 11.2. The van der Waals surface area contributed by atoms with Gasteiger partial charge in [0.05, 0.1) is 12.6 Å². The fourth-order valence-corrected chi connectivity index (χ4v) is 2.10. The van der Waals surface area contributed by atoms with E-state index in [2.05, 4.69) is 10.6 Å². The summed E-state index contributed by atoms with van der Waals surface area (Å²) in [6, 6.07) is 0.464. The number of hydrogen-bond acceptors (Lipinski definition) is 4. The monoisotopic (exact) mass is 228 g/mol. The van der Waals surface area contributed by atoms with Gasteiger partial charge < -0.3 is 20.1 Å². The normalized spacial score (nSPS) is 30.0. The number of alkyl carbamates (subject to hydrolysis) is 1. The van der Waals surface area contributed by atoms with E-state index in [0.29, 0.717) is 19.3 Å². The van der Waals surface area contributed by atoms with E-state index in [4.69, 9.17) is 9.47 Å². The molecular formula is C11H20N2O3. The Kier molecular flexibility index (Phi) is 4.42. The molecule has 2 heterocycles. The van der Waals surface area contributed by atoms with Crippen LogP contribution < -0.4 is 10.6 Å². The van der Waals surface area contributed by atoms with Crippen LogP contribution in [0.5, 0.6) is 0 Å². The van der Waals surface area contributed by atoms with Gasteiger partial charge in [0.15, 0.2) is 0 Å². The third-order valence-corrected chi connectivity index (χ3v) is 3.08. The van der Waals surface area contributed by atoms with Crippen molar-refractivity contribution < 1.29 is 14.3 Å². The summed E-state index contributed by atoms with van der Waals surface area (Å²) in [5, 5.41) is 6.14. The van der Waals surface area contributed by atoms with Crippen LogP contribution in [0.15, 0.2) is 0 Å². The van der Waals surface area contributed by atoms with Crippen LogP contribution in [-0.4, -0.2) is 44.5 Å². The molecule has 0 aromatic heterocycles. The van der Waals surface area contributed by atoms with Gasteiger partial charge >= 0.3 is 6.09 Å². The van der Waals surface area contributed by atoms with E-state index in [1.807, 2.05) is 0 Å². The molecule has 0 bridgehead atoms. The van der Waals surface area contributed by atoms with Crippen LogP contribution in [0.3, 0.4) is 0 Å². The SMILES string of the molecule is O=C(N[C@@H]1CCOC1)OC[C@@H]1CCCCN1. The van der Waals surface area contributed by atoms with E-state index >= 15 is 0 Å². The molecule has 1 amide bonds. The Hall–Kier alpha value is -0.810. The van der Waals surface area contributed by atoms with Crippen LogP contribution in [0, 0.1) is 0 Å². The first-order chi connectivity index (χ1) is 7.84. The van der Waals surface area contributed by atoms with Gasteiger partial charge in [0.25, 0.3) is 0 Å². The number of carbonyl (C=O) groups excluding carboxylic acids is 1. The lowest BCUT2D eigenvalue weighted by Crippen LogP contribution is -2.41. The molecule has 16 heavy (non-hydrogen) atoms. The average molecular weight is 228 g/mol. The second kappa shape index (κ2) is 6.06. The van der Waals surface area contributed by atoms with Crippen LogP contribution in [-0.2, 0) is 9.47 Å². The second-order valence-electron chi connectivity index (χ2n) is 4.45. The molecule has 2 atom stereocenters. The minimum absolute atomic E-state index is 0.131. The van der Waals surface area contributed by atoms with Crippen molar-refractivity contribution in [2.75, 3.05) is 26.4 Å². The van der Waals surface area contributed by atoms with Crippen LogP contribution in [0.4, 0.5) is 4.79 Å². The van der Waals surface area contributed by atoms with Gasteiger partial charge in [-0.3, -0.25) is 0 Å². The fraction of sp³-hybridized carbons (Fsp3) is 0.909. The molecule has 0 unspecified atom stereocenters. The molecule has 0 aromatic carbocycles. The maximum Gasteiger partial charge on any atom is 0.407 e. The summed E-state index contributed by atoms with van der Waals surface area (Å²) in [6.45, 7) is 2.84. The number of piperidine rings is 1. The van der Waals surface area contributed by atoms with Crippen molar-refractivity contribution in [1.82, 2.24) is 10.6 Å². The van der Waals surface area contributed by atoms with Gasteiger partial charge in [-0.1, -0.05) is 6.42 Å². The van der Waals surface area contributed by atoms with Gasteiger partial charge in [-0.05, 0) is 25.8 Å². The molecule has 2 aliphatic heterocycles. The van der Waals surface area contributed by atoms with Gasteiger partial charge in [-0.2, -0.15) is 0 Å². The molecule has 0 saturated carbocycles. The molecule has 2 N–H and O–H groups in total. The predicted molar refractivity (Wildman–Crippen MR) is 59.3 cm³/mol. The van der Waals surface area contributed by atoms with Crippen molar-refractivity contribution >= 4 is 6.09 Å². The van der Waals surface area contributed by atoms with Gasteiger partial charge in [0.1, 0.15) is 6.61 Å². The highest BCUT2D eigenvalue weighted by molar-refractivity contribution is 5.67. The number of ether oxygens (including phenoxy) is 2. The summed E-state index contributed by atoms with van der Waals surface area (Å²) in [4.78, 5) is 11.4. The Balaban J connectivity index is 1.59. The smallest absolute Gasteiger partial charge is 0.407 e. The average Bonchev–Trinajstić information content (AvgIpc) is 2.81. The van der Waals surface area contributed by atoms with E-state index in [0.717, 1.165) is 26.0 Å². The molecule has 0 radical (unpaired) electrons. The molecule has 92 valence electrons. The van der Waals surface area contributed by atoms with Gasteiger partial charge in [0, 0.05) is 12.6 Å². The molecule has 2 rings (SSSR count). The molecule has 2 saturated heterocycles. The Labute approximate surface area is 95.9 Å². The van der Waals surface area contributed by atoms with Crippen LogP contribution in [0.2, 0.25) is 0 Å². The summed E-state index contributed by atoms with van der Waals surface area (Å²) in [5.41, 5.74) is 0. The summed E-state index contributed by atoms with van der Waals surface area (Å²) in [7, 11) is 0. The largest absolute Gasteiger partial charge is 0.448 e. The zero-order valence-corrected chi connectivity index (χ0v) is 9.54. The van der Waals surface area contributed by atoms with Crippen molar-refractivity contribution in [3.8, 4) is 0 Å². The fourth-order valence-electron chi connectivity index (χ4n) is 2.10. The van der Waals surface area contributed by atoms with Crippen LogP contribution >= 0.6 is 0 Å². The molecular weight excluding hydrogens is 208 g/mol. The Morgan fingerprint density at radius 2 is 2.38 bits per heavy atom. The molecule has 0 aromatic rings. The Morgan fingerprint density at radius 3 is 3.06 bits per heavy atom. The highest BCUT2D eigenvalue weighted by atomic mass is 16.5. The number of carbonyl (C=O) groups is 1. The third-order valence-electron chi connectivity index (χ3n) is 3.08. The highest BCUT2D eigenvalue weighted by Gasteiger charge is 2.19. The minimum atomic E-state index is -0.317. The first-order valence-electron chi connectivity index (χ1n) is 6.09. The minimum Gasteiger partial charge on any atom is -0.448 e. The van der Waals surface area contributed by atoms with E-state index in [1.54, 1.807) is 0 Å². The summed E-state index contributed by atoms with van der Waals surface area (Å²) < 4.78 is 10.3. The summed E-state index contributed by atoms with van der Waals surface area (Å²) >= 11 is 0. The van der Waals surface area contributed by atoms with Crippen molar-refractivity contribution in [2.45, 2.75) is 37.8 Å². The molecule has 0 aliphatic carbocycles.